The summed E-state index contributed by atoms with van der Waals surface area (Å²) < 4.78 is 0.642. The van der Waals surface area contributed by atoms with E-state index in [9.17, 15) is 4.79 Å². The smallest absolute Gasteiger partial charge is 0.336 e. The van der Waals surface area contributed by atoms with Crippen LogP contribution >= 0.6 is 15.9 Å². The Bertz CT molecular complexity index is 506. The van der Waals surface area contributed by atoms with Gasteiger partial charge in [-0.25, -0.2) is 4.79 Å². The van der Waals surface area contributed by atoms with Crippen LogP contribution in [0.25, 0.3) is 10.8 Å². The molecule has 0 amide bonds. The standard InChI is InChI=1S/C11H7BrO2/c12-10-8-4-2-1-3-7(8)5-6-9(10)11(13)14/h1-6H,(H,13,14). The molecule has 3 heteroatoms. The summed E-state index contributed by atoms with van der Waals surface area (Å²) in [5, 5.41) is 10.9. The second kappa shape index (κ2) is 3.42. The van der Waals surface area contributed by atoms with Crippen molar-refractivity contribution in [2.45, 2.75) is 0 Å². The van der Waals surface area contributed by atoms with Crippen molar-refractivity contribution in [3.05, 3.63) is 46.4 Å². The van der Waals surface area contributed by atoms with Gasteiger partial charge in [-0.15, -0.1) is 0 Å². The van der Waals surface area contributed by atoms with E-state index in [0.29, 0.717) is 10.0 Å². The number of benzene rings is 2. The van der Waals surface area contributed by atoms with E-state index in [4.69, 9.17) is 5.11 Å². The third kappa shape index (κ3) is 1.40. The number of carboxylic acids is 1. The van der Waals surface area contributed by atoms with Gasteiger partial charge < -0.3 is 5.11 Å². The molecule has 0 aliphatic rings. The number of hydrogen-bond donors (Lipinski definition) is 1. The highest BCUT2D eigenvalue weighted by Gasteiger charge is 2.09. The van der Waals surface area contributed by atoms with E-state index < -0.39 is 5.97 Å². The van der Waals surface area contributed by atoms with Crippen LogP contribution in [0, 0.1) is 0 Å². The first-order valence-electron chi connectivity index (χ1n) is 4.10. The molecule has 70 valence electrons. The van der Waals surface area contributed by atoms with Crippen LogP contribution in [-0.4, -0.2) is 11.1 Å². The van der Waals surface area contributed by atoms with Gasteiger partial charge in [-0.2, -0.15) is 0 Å². The largest absolute Gasteiger partial charge is 0.478 e. The first-order chi connectivity index (χ1) is 6.70. The lowest BCUT2D eigenvalue weighted by Crippen LogP contribution is -1.97. The number of carbonyl (C=O) groups is 1. The Labute approximate surface area is 89.3 Å². The predicted octanol–water partition coefficient (Wildman–Crippen LogP) is 3.30. The first-order valence-corrected chi connectivity index (χ1v) is 4.90. The Balaban J connectivity index is 2.81. The third-order valence-corrected chi connectivity index (χ3v) is 2.95. The van der Waals surface area contributed by atoms with E-state index in [1.807, 2.05) is 30.3 Å². The molecule has 0 heterocycles. The maximum atomic E-state index is 10.8. The average molecular weight is 251 g/mol. The van der Waals surface area contributed by atoms with Gasteiger partial charge in [0, 0.05) is 4.47 Å². The van der Waals surface area contributed by atoms with E-state index in [1.165, 1.54) is 0 Å². The molecule has 0 fully saturated rings. The highest BCUT2D eigenvalue weighted by atomic mass is 79.9. The number of aromatic carboxylic acids is 1. The molecule has 0 saturated carbocycles. The highest BCUT2D eigenvalue weighted by molar-refractivity contribution is 9.10. The summed E-state index contributed by atoms with van der Waals surface area (Å²) in [4.78, 5) is 10.8. The topological polar surface area (TPSA) is 37.3 Å². The van der Waals surface area contributed by atoms with Gasteiger partial charge in [-0.05, 0) is 32.8 Å². The van der Waals surface area contributed by atoms with Crippen LogP contribution in [0.5, 0.6) is 0 Å². The van der Waals surface area contributed by atoms with E-state index in [2.05, 4.69) is 15.9 Å². The molecule has 0 bridgehead atoms. The molecule has 0 aliphatic carbocycles. The first kappa shape index (κ1) is 9.21. The minimum atomic E-state index is -0.914. The number of fused-ring (bicyclic) bond motifs is 1. The Morgan fingerprint density at radius 1 is 1.14 bits per heavy atom. The zero-order valence-electron chi connectivity index (χ0n) is 7.20. The van der Waals surface area contributed by atoms with Gasteiger partial charge in [-0.1, -0.05) is 30.3 Å². The fraction of sp³-hybridized carbons (Fsp3) is 0. The number of rotatable bonds is 1. The summed E-state index contributed by atoms with van der Waals surface area (Å²) in [5.74, 6) is -0.914. The summed E-state index contributed by atoms with van der Waals surface area (Å²) in [7, 11) is 0. The average Bonchev–Trinajstić information content (AvgIpc) is 2.18. The molecule has 0 spiro atoms. The normalized spacial score (nSPS) is 10.4. The minimum absolute atomic E-state index is 0.295. The van der Waals surface area contributed by atoms with Crippen LogP contribution in [0.1, 0.15) is 10.4 Å². The number of carboxylic acid groups (broad SMARTS) is 1. The summed E-state index contributed by atoms with van der Waals surface area (Å²) >= 11 is 3.30. The van der Waals surface area contributed by atoms with Crippen molar-refractivity contribution in [1.82, 2.24) is 0 Å². The Morgan fingerprint density at radius 3 is 2.57 bits per heavy atom. The molecule has 2 nitrogen and oxygen atoms in total. The van der Waals surface area contributed by atoms with Crippen LogP contribution in [0.15, 0.2) is 40.9 Å². The Morgan fingerprint density at radius 2 is 1.86 bits per heavy atom. The molecule has 2 rings (SSSR count). The van der Waals surface area contributed by atoms with Crippen molar-refractivity contribution in [1.29, 1.82) is 0 Å². The molecular formula is C11H7BrO2. The second-order valence-corrected chi connectivity index (χ2v) is 3.75. The quantitative estimate of drug-likeness (QED) is 0.844. The van der Waals surface area contributed by atoms with E-state index in [0.717, 1.165) is 10.8 Å². The fourth-order valence-electron chi connectivity index (χ4n) is 1.40. The molecule has 0 atom stereocenters. The summed E-state index contributed by atoms with van der Waals surface area (Å²) in [6.45, 7) is 0. The van der Waals surface area contributed by atoms with Gasteiger partial charge in [0.15, 0.2) is 0 Å². The Kier molecular flexibility index (Phi) is 2.25. The molecule has 1 N–H and O–H groups in total. The van der Waals surface area contributed by atoms with Gasteiger partial charge in [0.2, 0.25) is 0 Å². The molecular weight excluding hydrogens is 244 g/mol. The molecule has 2 aromatic carbocycles. The molecule has 0 saturated heterocycles. The third-order valence-electron chi connectivity index (χ3n) is 2.09. The SMILES string of the molecule is O=C(O)c1ccc2ccccc2c1Br. The number of hydrogen-bond acceptors (Lipinski definition) is 1. The van der Waals surface area contributed by atoms with Gasteiger partial charge in [0.1, 0.15) is 0 Å². The van der Waals surface area contributed by atoms with Crippen LogP contribution in [0.3, 0.4) is 0 Å². The van der Waals surface area contributed by atoms with E-state index in [-0.39, 0.29) is 0 Å². The van der Waals surface area contributed by atoms with Crippen LogP contribution in [0.4, 0.5) is 0 Å². The van der Waals surface area contributed by atoms with Gasteiger partial charge >= 0.3 is 5.97 Å². The molecule has 0 radical (unpaired) electrons. The predicted molar refractivity (Wildman–Crippen MR) is 58.6 cm³/mol. The molecule has 0 aromatic heterocycles. The van der Waals surface area contributed by atoms with E-state index in [1.54, 1.807) is 6.07 Å². The zero-order chi connectivity index (χ0) is 10.1. The van der Waals surface area contributed by atoms with Crippen molar-refractivity contribution in [2.24, 2.45) is 0 Å². The molecule has 0 unspecified atom stereocenters. The van der Waals surface area contributed by atoms with Crippen LogP contribution in [-0.2, 0) is 0 Å². The maximum absolute atomic E-state index is 10.8. The van der Waals surface area contributed by atoms with Crippen LogP contribution in [0.2, 0.25) is 0 Å². The Hall–Kier alpha value is -1.35. The van der Waals surface area contributed by atoms with E-state index >= 15 is 0 Å². The summed E-state index contributed by atoms with van der Waals surface area (Å²) in [5.41, 5.74) is 0.295. The van der Waals surface area contributed by atoms with Crippen molar-refractivity contribution >= 4 is 32.7 Å². The number of halogens is 1. The fourth-order valence-corrected chi connectivity index (χ4v) is 2.06. The molecule has 14 heavy (non-hydrogen) atoms. The van der Waals surface area contributed by atoms with Crippen LogP contribution < -0.4 is 0 Å². The molecule has 2 aromatic rings. The minimum Gasteiger partial charge on any atom is -0.478 e. The zero-order valence-corrected chi connectivity index (χ0v) is 8.78. The van der Waals surface area contributed by atoms with Crippen molar-refractivity contribution in [3.8, 4) is 0 Å². The van der Waals surface area contributed by atoms with Crippen molar-refractivity contribution in [2.75, 3.05) is 0 Å². The lowest BCUT2D eigenvalue weighted by Gasteiger charge is -2.03. The van der Waals surface area contributed by atoms with Crippen molar-refractivity contribution < 1.29 is 9.90 Å². The lowest BCUT2D eigenvalue weighted by molar-refractivity contribution is 0.0696. The van der Waals surface area contributed by atoms with Gasteiger partial charge in [-0.3, -0.25) is 0 Å². The van der Waals surface area contributed by atoms with Gasteiger partial charge in [0.05, 0.1) is 5.56 Å². The lowest BCUT2D eigenvalue weighted by atomic mass is 10.1. The van der Waals surface area contributed by atoms with Gasteiger partial charge in [0.25, 0.3) is 0 Å². The second-order valence-electron chi connectivity index (χ2n) is 2.95. The highest BCUT2D eigenvalue weighted by Crippen LogP contribution is 2.27. The summed E-state index contributed by atoms with van der Waals surface area (Å²) in [6, 6.07) is 11.1. The maximum Gasteiger partial charge on any atom is 0.336 e. The molecule has 0 aliphatic heterocycles. The van der Waals surface area contributed by atoms with Crippen molar-refractivity contribution in [3.63, 3.8) is 0 Å². The summed E-state index contributed by atoms with van der Waals surface area (Å²) in [6.07, 6.45) is 0. The monoisotopic (exact) mass is 250 g/mol.